The van der Waals surface area contributed by atoms with Gasteiger partial charge in [0, 0.05) is 0 Å². The summed E-state index contributed by atoms with van der Waals surface area (Å²) in [6.07, 6.45) is 0. The van der Waals surface area contributed by atoms with Crippen LogP contribution in [-0.4, -0.2) is 45.4 Å². The number of imide groups is 1. The van der Waals surface area contributed by atoms with Crippen LogP contribution in [0.3, 0.4) is 0 Å². The van der Waals surface area contributed by atoms with Crippen molar-refractivity contribution in [3.05, 3.63) is 34.9 Å². The predicted molar refractivity (Wildman–Crippen MR) is 56.4 cm³/mol. The van der Waals surface area contributed by atoms with Crippen molar-refractivity contribution in [1.29, 1.82) is 0 Å². The summed E-state index contributed by atoms with van der Waals surface area (Å²) in [6, 6.07) is 3.82. The molecule has 0 saturated carbocycles. The van der Waals surface area contributed by atoms with Gasteiger partial charge >= 0.3 is 11.9 Å². The van der Waals surface area contributed by atoms with Gasteiger partial charge in [0.1, 0.15) is 6.54 Å². The number of carbonyl (C=O) groups excluding carboxylic acids is 2. The van der Waals surface area contributed by atoms with Crippen LogP contribution >= 0.6 is 0 Å². The number of hydrogen-bond donors (Lipinski definition) is 2. The maximum absolute atomic E-state index is 11.8. The van der Waals surface area contributed by atoms with E-state index in [0.717, 1.165) is 0 Å². The highest BCUT2D eigenvalue weighted by atomic mass is 16.4. The van der Waals surface area contributed by atoms with Gasteiger partial charge in [-0.25, -0.2) is 4.79 Å². The van der Waals surface area contributed by atoms with E-state index in [-0.39, 0.29) is 16.7 Å². The highest BCUT2D eigenvalue weighted by Crippen LogP contribution is 2.25. The topological polar surface area (TPSA) is 112 Å². The third kappa shape index (κ3) is 1.61. The largest absolute Gasteiger partial charge is 0.480 e. The molecule has 7 nitrogen and oxygen atoms in total. The summed E-state index contributed by atoms with van der Waals surface area (Å²) in [6.45, 7) is -0.786. The first-order valence-corrected chi connectivity index (χ1v) is 4.87. The van der Waals surface area contributed by atoms with Crippen molar-refractivity contribution in [2.45, 2.75) is 0 Å². The van der Waals surface area contributed by atoms with Gasteiger partial charge < -0.3 is 10.2 Å². The fraction of sp³-hybridized carbons (Fsp3) is 0.0909. The predicted octanol–water partition coefficient (Wildman–Crippen LogP) is 0.0654. The van der Waals surface area contributed by atoms with Gasteiger partial charge in [-0.2, -0.15) is 0 Å². The quantitative estimate of drug-likeness (QED) is 0.733. The third-order valence-electron chi connectivity index (χ3n) is 2.52. The maximum Gasteiger partial charge on any atom is 0.336 e. The van der Waals surface area contributed by atoms with Crippen molar-refractivity contribution in [3.8, 4) is 0 Å². The van der Waals surface area contributed by atoms with Gasteiger partial charge in [0.25, 0.3) is 11.8 Å². The molecule has 0 spiro atoms. The monoisotopic (exact) mass is 249 g/mol. The van der Waals surface area contributed by atoms with E-state index in [9.17, 15) is 19.2 Å². The van der Waals surface area contributed by atoms with Crippen LogP contribution in [0.5, 0.6) is 0 Å². The fourth-order valence-electron chi connectivity index (χ4n) is 1.79. The molecule has 1 aromatic carbocycles. The van der Waals surface area contributed by atoms with Crippen LogP contribution in [0.1, 0.15) is 31.1 Å². The molecule has 2 N–H and O–H groups in total. The molecule has 1 aromatic rings. The molecule has 0 bridgehead atoms. The second-order valence-corrected chi connectivity index (χ2v) is 3.62. The Morgan fingerprint density at radius 3 is 2.33 bits per heavy atom. The van der Waals surface area contributed by atoms with Crippen molar-refractivity contribution in [3.63, 3.8) is 0 Å². The average Bonchev–Trinajstić information content (AvgIpc) is 2.54. The van der Waals surface area contributed by atoms with Crippen LogP contribution in [0, 0.1) is 0 Å². The zero-order valence-electron chi connectivity index (χ0n) is 8.91. The number of rotatable bonds is 3. The Morgan fingerprint density at radius 1 is 1.11 bits per heavy atom. The fourth-order valence-corrected chi connectivity index (χ4v) is 1.79. The molecule has 1 aliphatic heterocycles. The van der Waals surface area contributed by atoms with Crippen molar-refractivity contribution < 1.29 is 29.4 Å². The van der Waals surface area contributed by atoms with Gasteiger partial charge in [0.05, 0.1) is 16.7 Å². The minimum Gasteiger partial charge on any atom is -0.480 e. The van der Waals surface area contributed by atoms with Crippen molar-refractivity contribution in [2.75, 3.05) is 6.54 Å². The van der Waals surface area contributed by atoms with Crippen molar-refractivity contribution >= 4 is 23.8 Å². The van der Waals surface area contributed by atoms with E-state index in [1.165, 1.54) is 18.2 Å². The molecule has 0 aliphatic carbocycles. The van der Waals surface area contributed by atoms with Crippen LogP contribution in [0.15, 0.2) is 18.2 Å². The number of amides is 2. The van der Waals surface area contributed by atoms with Gasteiger partial charge in [-0.1, -0.05) is 6.07 Å². The number of carboxylic acid groups (broad SMARTS) is 2. The van der Waals surface area contributed by atoms with Crippen LogP contribution < -0.4 is 0 Å². The van der Waals surface area contributed by atoms with Gasteiger partial charge in [-0.05, 0) is 12.1 Å². The van der Waals surface area contributed by atoms with E-state index >= 15 is 0 Å². The number of aromatic carboxylic acids is 1. The molecule has 0 radical (unpaired) electrons. The van der Waals surface area contributed by atoms with E-state index in [0.29, 0.717) is 4.90 Å². The Balaban J connectivity index is 2.55. The molecule has 2 rings (SSSR count). The Morgan fingerprint density at radius 2 is 1.78 bits per heavy atom. The van der Waals surface area contributed by atoms with Gasteiger partial charge in [0.2, 0.25) is 0 Å². The molecule has 1 heterocycles. The zero-order chi connectivity index (χ0) is 13.4. The summed E-state index contributed by atoms with van der Waals surface area (Å²) in [5.41, 5.74) is -0.642. The summed E-state index contributed by atoms with van der Waals surface area (Å²) in [5.74, 6) is -4.37. The number of benzene rings is 1. The highest BCUT2D eigenvalue weighted by Gasteiger charge is 2.39. The van der Waals surface area contributed by atoms with Gasteiger partial charge in [-0.3, -0.25) is 19.3 Å². The lowest BCUT2D eigenvalue weighted by atomic mass is 10.0. The van der Waals surface area contributed by atoms with Gasteiger partial charge in [0.15, 0.2) is 0 Å². The van der Waals surface area contributed by atoms with E-state index < -0.39 is 30.3 Å². The number of nitrogens with zero attached hydrogens (tertiary/aromatic N) is 1. The number of fused-ring (bicyclic) bond motifs is 1. The minimum absolute atomic E-state index is 0.0823. The van der Waals surface area contributed by atoms with E-state index in [1.807, 2.05) is 0 Å². The Kier molecular flexibility index (Phi) is 2.59. The number of carboxylic acids is 2. The average molecular weight is 249 g/mol. The first-order chi connectivity index (χ1) is 8.43. The molecule has 0 aromatic heterocycles. The first-order valence-electron chi connectivity index (χ1n) is 4.87. The van der Waals surface area contributed by atoms with E-state index in [4.69, 9.17) is 10.2 Å². The molecule has 7 heteroatoms. The standard InChI is InChI=1S/C11H7NO6/c13-7(14)4-12-9(15)5-2-1-3-6(11(17)18)8(5)10(12)16/h1-3H,4H2,(H,13,14)(H,17,18). The summed E-state index contributed by atoms with van der Waals surface area (Å²) in [7, 11) is 0. The molecule has 1 aliphatic rings. The molecular formula is C11H7NO6. The lowest BCUT2D eigenvalue weighted by Gasteiger charge is -2.09. The third-order valence-corrected chi connectivity index (χ3v) is 2.52. The lowest BCUT2D eigenvalue weighted by Crippen LogP contribution is -2.34. The van der Waals surface area contributed by atoms with Crippen LogP contribution in [0.25, 0.3) is 0 Å². The number of carbonyl (C=O) groups is 4. The minimum atomic E-state index is -1.35. The second-order valence-electron chi connectivity index (χ2n) is 3.62. The number of hydrogen-bond acceptors (Lipinski definition) is 4. The molecule has 2 amide bonds. The van der Waals surface area contributed by atoms with Crippen LogP contribution in [0.4, 0.5) is 0 Å². The maximum atomic E-state index is 11.8. The molecule has 18 heavy (non-hydrogen) atoms. The molecule has 0 saturated heterocycles. The summed E-state index contributed by atoms with van der Waals surface area (Å²) >= 11 is 0. The summed E-state index contributed by atoms with van der Waals surface area (Å²) in [4.78, 5) is 45.6. The van der Waals surface area contributed by atoms with Crippen LogP contribution in [0.2, 0.25) is 0 Å². The number of aliphatic carboxylic acids is 1. The first kappa shape index (κ1) is 11.8. The zero-order valence-corrected chi connectivity index (χ0v) is 8.91. The summed E-state index contributed by atoms with van der Waals surface area (Å²) < 4.78 is 0. The van der Waals surface area contributed by atoms with Crippen molar-refractivity contribution in [2.24, 2.45) is 0 Å². The Bertz CT molecular complexity index is 591. The van der Waals surface area contributed by atoms with Crippen molar-refractivity contribution in [1.82, 2.24) is 4.90 Å². The Hall–Kier alpha value is -2.70. The normalized spacial score (nSPS) is 13.7. The highest BCUT2D eigenvalue weighted by molar-refractivity contribution is 6.25. The Labute approximate surface area is 100 Å². The molecule has 0 atom stereocenters. The molecular weight excluding hydrogens is 242 g/mol. The lowest BCUT2D eigenvalue weighted by molar-refractivity contribution is -0.137. The molecule has 92 valence electrons. The summed E-state index contributed by atoms with van der Waals surface area (Å²) in [5, 5.41) is 17.5. The van der Waals surface area contributed by atoms with E-state index in [2.05, 4.69) is 0 Å². The molecule has 0 unspecified atom stereocenters. The van der Waals surface area contributed by atoms with Crippen LogP contribution in [-0.2, 0) is 4.79 Å². The van der Waals surface area contributed by atoms with E-state index in [1.54, 1.807) is 0 Å². The smallest absolute Gasteiger partial charge is 0.336 e. The SMILES string of the molecule is O=C(O)CN1C(=O)c2cccc(C(=O)O)c2C1=O. The molecule has 0 fully saturated rings. The van der Waals surface area contributed by atoms with Gasteiger partial charge in [-0.15, -0.1) is 0 Å². The second kappa shape index (κ2) is 3.95.